The number of benzene rings is 1. The summed E-state index contributed by atoms with van der Waals surface area (Å²) in [7, 11) is 0. The van der Waals surface area contributed by atoms with Crippen LogP contribution in [0.1, 0.15) is 15.9 Å². The van der Waals surface area contributed by atoms with E-state index in [1.165, 1.54) is 12.7 Å². The van der Waals surface area contributed by atoms with E-state index in [1.807, 2.05) is 19.1 Å². The number of carbonyl (C=O) groups is 1. The molecule has 1 heterocycles. The number of hydrogen-bond acceptors (Lipinski definition) is 5. The van der Waals surface area contributed by atoms with Gasteiger partial charge in [0.1, 0.15) is 12.7 Å². The van der Waals surface area contributed by atoms with Gasteiger partial charge in [0.25, 0.3) is 0 Å². The fourth-order valence-corrected chi connectivity index (χ4v) is 1.46. The third-order valence-electron chi connectivity index (χ3n) is 2.32. The lowest BCUT2D eigenvalue weighted by molar-refractivity contribution is 0.105. The lowest BCUT2D eigenvalue weighted by atomic mass is 10.0. The van der Waals surface area contributed by atoms with Crippen LogP contribution in [0.25, 0.3) is 0 Å². The predicted octanol–water partition coefficient (Wildman–Crippen LogP) is 1.11. The quantitative estimate of drug-likeness (QED) is 0.275. The second-order valence-electron chi connectivity index (χ2n) is 3.41. The van der Waals surface area contributed by atoms with Crippen molar-refractivity contribution in [2.75, 3.05) is 0 Å². The van der Waals surface area contributed by atoms with E-state index in [0.29, 0.717) is 5.56 Å². The number of Topliss-reactive ketones (excluding diaryl/α,β-unsaturated/α-hetero) is 1. The minimum Gasteiger partial charge on any atom is -0.409 e. The van der Waals surface area contributed by atoms with E-state index in [1.54, 1.807) is 12.1 Å². The molecule has 0 saturated carbocycles. The van der Waals surface area contributed by atoms with Crippen LogP contribution in [0.2, 0.25) is 0 Å². The van der Waals surface area contributed by atoms with Crippen LogP contribution in [0.4, 0.5) is 0 Å². The molecule has 0 fully saturated rings. The molecule has 1 aromatic carbocycles. The Bertz CT molecular complexity index is 561. The first kappa shape index (κ1) is 11.0. The molecule has 0 saturated heterocycles. The number of hydrogen-bond donors (Lipinski definition) is 1. The van der Waals surface area contributed by atoms with Crippen LogP contribution in [-0.2, 0) is 0 Å². The maximum atomic E-state index is 12.1. The van der Waals surface area contributed by atoms with Crippen molar-refractivity contribution in [1.82, 2.24) is 14.8 Å². The van der Waals surface area contributed by atoms with Gasteiger partial charge in [-0.25, -0.2) is 4.98 Å². The molecule has 0 amide bonds. The van der Waals surface area contributed by atoms with Crippen LogP contribution in [-0.4, -0.2) is 31.6 Å². The summed E-state index contributed by atoms with van der Waals surface area (Å²) in [6.07, 6.45) is 2.56. The number of carbonyl (C=O) groups excluding carboxylic acids is 1. The zero-order valence-corrected chi connectivity index (χ0v) is 9.11. The highest BCUT2D eigenvalue weighted by molar-refractivity contribution is 6.45. The van der Waals surface area contributed by atoms with Crippen LogP contribution < -0.4 is 0 Å². The van der Waals surface area contributed by atoms with Gasteiger partial charge in [0, 0.05) is 5.56 Å². The summed E-state index contributed by atoms with van der Waals surface area (Å²) in [6.45, 7) is 1.81. The molecular weight excluding hydrogens is 220 g/mol. The van der Waals surface area contributed by atoms with Crippen LogP contribution in [0, 0.1) is 6.92 Å². The van der Waals surface area contributed by atoms with Gasteiger partial charge >= 0.3 is 0 Å². The van der Waals surface area contributed by atoms with Gasteiger partial charge in [-0.2, -0.15) is 9.78 Å². The number of rotatable bonds is 2. The highest BCUT2D eigenvalue weighted by Crippen LogP contribution is 2.09. The Labute approximate surface area is 97.2 Å². The van der Waals surface area contributed by atoms with Crippen LogP contribution in [0.5, 0.6) is 0 Å². The van der Waals surface area contributed by atoms with Crippen LogP contribution in [0.3, 0.4) is 0 Å². The standard InChI is InChI=1S/C11H10N4O2/c1-8-4-2-3-5-9(8)10(16)11(14-17)15-7-12-6-13-15/h2-7,17H,1H3/b14-11-. The monoisotopic (exact) mass is 230 g/mol. The topological polar surface area (TPSA) is 80.4 Å². The molecule has 2 aromatic rings. The summed E-state index contributed by atoms with van der Waals surface area (Å²) >= 11 is 0. The van der Waals surface area contributed by atoms with Gasteiger partial charge in [0.15, 0.2) is 0 Å². The average molecular weight is 230 g/mol. The number of nitrogens with zero attached hydrogens (tertiary/aromatic N) is 4. The van der Waals surface area contributed by atoms with Crippen molar-refractivity contribution in [3.8, 4) is 0 Å². The highest BCUT2D eigenvalue weighted by Gasteiger charge is 2.18. The second kappa shape index (κ2) is 4.56. The first-order valence-electron chi connectivity index (χ1n) is 4.91. The fraction of sp³-hybridized carbons (Fsp3) is 0.0909. The Morgan fingerprint density at radius 1 is 1.41 bits per heavy atom. The van der Waals surface area contributed by atoms with Crippen molar-refractivity contribution in [2.45, 2.75) is 6.92 Å². The van der Waals surface area contributed by atoms with Gasteiger partial charge in [0.2, 0.25) is 11.6 Å². The molecule has 6 nitrogen and oxygen atoms in total. The summed E-state index contributed by atoms with van der Waals surface area (Å²) in [6, 6.07) is 7.05. The molecule has 0 unspecified atom stereocenters. The summed E-state index contributed by atoms with van der Waals surface area (Å²) < 4.78 is 1.12. The van der Waals surface area contributed by atoms with Crippen molar-refractivity contribution in [2.24, 2.45) is 5.16 Å². The molecule has 0 radical (unpaired) electrons. The fourth-order valence-electron chi connectivity index (χ4n) is 1.46. The van der Waals surface area contributed by atoms with Crippen molar-refractivity contribution >= 4 is 11.6 Å². The molecule has 1 aromatic heterocycles. The lowest BCUT2D eigenvalue weighted by Gasteiger charge is -2.05. The largest absolute Gasteiger partial charge is 0.409 e. The minimum atomic E-state index is -0.406. The number of aromatic nitrogens is 3. The molecule has 1 N–H and O–H groups in total. The van der Waals surface area contributed by atoms with Gasteiger partial charge in [-0.3, -0.25) is 4.79 Å². The molecule has 0 aliphatic heterocycles. The first-order chi connectivity index (χ1) is 8.24. The third kappa shape index (κ3) is 2.05. The molecule has 2 rings (SSSR count). The summed E-state index contributed by atoms with van der Waals surface area (Å²) in [5.41, 5.74) is 1.27. The third-order valence-corrected chi connectivity index (χ3v) is 2.32. The van der Waals surface area contributed by atoms with Crippen molar-refractivity contribution in [3.63, 3.8) is 0 Å². The van der Waals surface area contributed by atoms with E-state index in [0.717, 1.165) is 10.2 Å². The lowest BCUT2D eigenvalue weighted by Crippen LogP contribution is -2.24. The Morgan fingerprint density at radius 3 is 2.76 bits per heavy atom. The Balaban J connectivity index is 2.41. The van der Waals surface area contributed by atoms with Crippen molar-refractivity contribution in [1.29, 1.82) is 0 Å². The Hall–Kier alpha value is -2.50. The Kier molecular flexibility index (Phi) is 2.95. The molecule has 0 aliphatic carbocycles. The average Bonchev–Trinajstić information content (AvgIpc) is 2.84. The molecular formula is C11H10N4O2. The smallest absolute Gasteiger partial charge is 0.242 e. The van der Waals surface area contributed by atoms with Gasteiger partial charge in [-0.1, -0.05) is 29.4 Å². The van der Waals surface area contributed by atoms with Crippen molar-refractivity contribution < 1.29 is 10.0 Å². The molecule has 0 spiro atoms. The van der Waals surface area contributed by atoms with E-state index in [2.05, 4.69) is 15.2 Å². The van der Waals surface area contributed by atoms with E-state index in [9.17, 15) is 4.79 Å². The van der Waals surface area contributed by atoms with Gasteiger partial charge in [-0.05, 0) is 12.5 Å². The Morgan fingerprint density at radius 2 is 2.18 bits per heavy atom. The molecule has 0 bridgehead atoms. The van der Waals surface area contributed by atoms with E-state index >= 15 is 0 Å². The molecule has 17 heavy (non-hydrogen) atoms. The van der Waals surface area contributed by atoms with Crippen molar-refractivity contribution in [3.05, 3.63) is 48.0 Å². The molecule has 86 valence electrons. The predicted molar refractivity (Wildman–Crippen MR) is 60.2 cm³/mol. The SMILES string of the molecule is Cc1ccccc1C(=O)/C(=N/O)n1cncn1. The van der Waals surface area contributed by atoms with Crippen LogP contribution >= 0.6 is 0 Å². The zero-order chi connectivity index (χ0) is 12.3. The summed E-state index contributed by atoms with van der Waals surface area (Å²) in [5.74, 6) is -0.590. The normalized spacial score (nSPS) is 11.5. The van der Waals surface area contributed by atoms with Gasteiger partial charge in [0.05, 0.1) is 0 Å². The molecule has 0 aliphatic rings. The van der Waals surface area contributed by atoms with Crippen LogP contribution in [0.15, 0.2) is 42.1 Å². The maximum Gasteiger partial charge on any atom is 0.242 e. The number of oxime groups is 1. The second-order valence-corrected chi connectivity index (χ2v) is 3.41. The zero-order valence-electron chi connectivity index (χ0n) is 9.11. The number of ketones is 1. The molecule has 6 heteroatoms. The maximum absolute atomic E-state index is 12.1. The number of aryl methyl sites for hydroxylation is 1. The highest BCUT2D eigenvalue weighted by atomic mass is 16.4. The summed E-state index contributed by atoms with van der Waals surface area (Å²) in [4.78, 5) is 15.8. The van der Waals surface area contributed by atoms with E-state index in [4.69, 9.17) is 5.21 Å². The summed E-state index contributed by atoms with van der Waals surface area (Å²) in [5, 5.41) is 15.6. The molecule has 0 atom stereocenters. The first-order valence-corrected chi connectivity index (χ1v) is 4.91. The minimum absolute atomic E-state index is 0.184. The van der Waals surface area contributed by atoms with E-state index < -0.39 is 5.78 Å². The van der Waals surface area contributed by atoms with Gasteiger partial charge in [-0.15, -0.1) is 0 Å². The van der Waals surface area contributed by atoms with Gasteiger partial charge < -0.3 is 5.21 Å². The van der Waals surface area contributed by atoms with E-state index in [-0.39, 0.29) is 5.84 Å².